The summed E-state index contributed by atoms with van der Waals surface area (Å²) >= 11 is 0. The molecule has 3 rings (SSSR count). The number of nitrogens with two attached hydrogens (primary N) is 1. The Morgan fingerprint density at radius 3 is 2.95 bits per heavy atom. The number of aromatic nitrogens is 6. The molecular formula is C11H16N8O. The summed E-state index contributed by atoms with van der Waals surface area (Å²) in [6.07, 6.45) is 5.54. The minimum absolute atomic E-state index is 0.111. The molecule has 2 atom stereocenters. The average molecular weight is 276 g/mol. The van der Waals surface area contributed by atoms with Crippen molar-refractivity contribution in [2.45, 2.75) is 25.4 Å². The zero-order valence-corrected chi connectivity index (χ0v) is 10.8. The van der Waals surface area contributed by atoms with Crippen LogP contribution in [0.25, 0.3) is 5.95 Å². The molecular weight excluding hydrogens is 260 g/mol. The van der Waals surface area contributed by atoms with E-state index in [0.717, 1.165) is 19.3 Å². The van der Waals surface area contributed by atoms with Crippen molar-refractivity contribution in [1.29, 1.82) is 0 Å². The highest BCUT2D eigenvalue weighted by molar-refractivity contribution is 5.34. The van der Waals surface area contributed by atoms with Gasteiger partial charge in [-0.25, -0.2) is 4.98 Å². The van der Waals surface area contributed by atoms with Gasteiger partial charge < -0.3 is 16.2 Å². The van der Waals surface area contributed by atoms with Crippen LogP contribution in [0.1, 0.15) is 19.3 Å². The highest BCUT2D eigenvalue weighted by Gasteiger charge is 2.25. The standard InChI is InChI=1S/C11H16N8O/c12-9-16-10(14-4-7-2-1-3-8(7)20)18-11(17-9)19-6-13-5-15-19/h5-8,20H,1-4H2,(H3,12,14,16,17,18). The van der Waals surface area contributed by atoms with Gasteiger partial charge in [0.2, 0.25) is 11.9 Å². The third-order valence-electron chi connectivity index (χ3n) is 3.41. The molecule has 0 amide bonds. The van der Waals surface area contributed by atoms with Crippen LogP contribution in [0.3, 0.4) is 0 Å². The molecule has 4 N–H and O–H groups in total. The minimum Gasteiger partial charge on any atom is -0.393 e. The molecule has 2 aromatic rings. The smallest absolute Gasteiger partial charge is 0.258 e. The number of hydrogen-bond donors (Lipinski definition) is 3. The summed E-state index contributed by atoms with van der Waals surface area (Å²) < 4.78 is 1.41. The van der Waals surface area contributed by atoms with Gasteiger partial charge in [0.25, 0.3) is 5.95 Å². The van der Waals surface area contributed by atoms with E-state index in [4.69, 9.17) is 5.73 Å². The number of nitrogens with one attached hydrogen (secondary N) is 1. The lowest BCUT2D eigenvalue weighted by atomic mass is 10.1. The average Bonchev–Trinajstić information content (AvgIpc) is 3.07. The Bertz CT molecular complexity index is 572. The predicted octanol–water partition coefficient (Wildman–Crippen LogP) is -0.393. The Morgan fingerprint density at radius 2 is 2.25 bits per heavy atom. The molecule has 0 spiro atoms. The van der Waals surface area contributed by atoms with E-state index in [1.54, 1.807) is 0 Å². The van der Waals surface area contributed by atoms with Gasteiger partial charge in [0.05, 0.1) is 6.10 Å². The van der Waals surface area contributed by atoms with Gasteiger partial charge in [-0.2, -0.15) is 24.7 Å². The largest absolute Gasteiger partial charge is 0.393 e. The van der Waals surface area contributed by atoms with Gasteiger partial charge in [-0.05, 0) is 12.8 Å². The highest BCUT2D eigenvalue weighted by atomic mass is 16.3. The lowest BCUT2D eigenvalue weighted by Crippen LogP contribution is -2.23. The van der Waals surface area contributed by atoms with Crippen LogP contribution in [-0.2, 0) is 0 Å². The first-order valence-electron chi connectivity index (χ1n) is 6.51. The summed E-state index contributed by atoms with van der Waals surface area (Å²) in [6, 6.07) is 0. The lowest BCUT2D eigenvalue weighted by Gasteiger charge is -2.15. The Kier molecular flexibility index (Phi) is 3.42. The molecule has 0 bridgehead atoms. The zero-order valence-electron chi connectivity index (χ0n) is 10.8. The Balaban J connectivity index is 1.73. The van der Waals surface area contributed by atoms with E-state index in [1.807, 2.05) is 0 Å². The molecule has 0 saturated heterocycles. The van der Waals surface area contributed by atoms with Crippen LogP contribution in [0.5, 0.6) is 0 Å². The first-order chi connectivity index (χ1) is 9.72. The molecule has 20 heavy (non-hydrogen) atoms. The van der Waals surface area contributed by atoms with Crippen molar-refractivity contribution >= 4 is 11.9 Å². The summed E-state index contributed by atoms with van der Waals surface area (Å²) in [5, 5.41) is 16.8. The Hall–Kier alpha value is -2.29. The van der Waals surface area contributed by atoms with E-state index in [0.29, 0.717) is 18.4 Å². The number of anilines is 2. The summed E-state index contributed by atoms with van der Waals surface area (Å²) in [6.45, 7) is 0.613. The van der Waals surface area contributed by atoms with Crippen LogP contribution in [0.2, 0.25) is 0 Å². The molecule has 2 unspecified atom stereocenters. The molecule has 1 saturated carbocycles. The van der Waals surface area contributed by atoms with E-state index in [1.165, 1.54) is 17.3 Å². The van der Waals surface area contributed by atoms with Crippen molar-refractivity contribution in [2.75, 3.05) is 17.6 Å². The maximum atomic E-state index is 9.79. The van der Waals surface area contributed by atoms with Gasteiger partial charge >= 0.3 is 0 Å². The Labute approximate surface area is 115 Å². The first-order valence-corrected chi connectivity index (χ1v) is 6.51. The fraction of sp³-hybridized carbons (Fsp3) is 0.545. The molecule has 1 aliphatic carbocycles. The van der Waals surface area contributed by atoms with Gasteiger partial charge in [0, 0.05) is 12.5 Å². The van der Waals surface area contributed by atoms with E-state index < -0.39 is 0 Å². The lowest BCUT2D eigenvalue weighted by molar-refractivity contribution is 0.138. The van der Waals surface area contributed by atoms with Crippen molar-refractivity contribution in [1.82, 2.24) is 29.7 Å². The maximum absolute atomic E-state index is 9.79. The van der Waals surface area contributed by atoms with Gasteiger partial charge in [-0.3, -0.25) is 0 Å². The van der Waals surface area contributed by atoms with Gasteiger partial charge in [-0.15, -0.1) is 0 Å². The van der Waals surface area contributed by atoms with Gasteiger partial charge in [0.1, 0.15) is 12.7 Å². The number of rotatable bonds is 4. The van der Waals surface area contributed by atoms with Crippen molar-refractivity contribution in [2.24, 2.45) is 5.92 Å². The van der Waals surface area contributed by atoms with E-state index in [9.17, 15) is 5.11 Å². The van der Waals surface area contributed by atoms with Crippen LogP contribution in [-0.4, -0.2) is 47.5 Å². The second-order valence-electron chi connectivity index (χ2n) is 4.80. The number of nitrogens with zero attached hydrogens (tertiary/aromatic N) is 6. The molecule has 9 heteroatoms. The van der Waals surface area contributed by atoms with Gasteiger partial charge in [0.15, 0.2) is 0 Å². The quantitative estimate of drug-likeness (QED) is 0.688. The molecule has 2 heterocycles. The van der Waals surface area contributed by atoms with Crippen LogP contribution in [0.4, 0.5) is 11.9 Å². The highest BCUT2D eigenvalue weighted by Crippen LogP contribution is 2.25. The fourth-order valence-corrected chi connectivity index (χ4v) is 2.35. The second-order valence-corrected chi connectivity index (χ2v) is 4.80. The summed E-state index contributed by atoms with van der Waals surface area (Å²) in [5.41, 5.74) is 5.66. The number of aliphatic hydroxyl groups is 1. The molecule has 9 nitrogen and oxygen atoms in total. The molecule has 1 fully saturated rings. The summed E-state index contributed by atoms with van der Waals surface area (Å²) in [5.74, 6) is 1.02. The van der Waals surface area contributed by atoms with E-state index >= 15 is 0 Å². The van der Waals surface area contributed by atoms with Crippen LogP contribution in [0, 0.1) is 5.92 Å². The SMILES string of the molecule is Nc1nc(NCC2CCCC2O)nc(-n2cncn2)n1. The Morgan fingerprint density at radius 1 is 1.35 bits per heavy atom. The molecule has 2 aromatic heterocycles. The zero-order chi connectivity index (χ0) is 13.9. The van der Waals surface area contributed by atoms with Crippen molar-refractivity contribution in [3.63, 3.8) is 0 Å². The van der Waals surface area contributed by atoms with Crippen LogP contribution < -0.4 is 11.1 Å². The number of nitrogen functional groups attached to an aromatic ring is 1. The molecule has 0 aromatic carbocycles. The summed E-state index contributed by atoms with van der Waals surface area (Å²) in [7, 11) is 0. The monoisotopic (exact) mass is 276 g/mol. The first kappa shape index (κ1) is 12.7. The van der Waals surface area contributed by atoms with Crippen molar-refractivity contribution < 1.29 is 5.11 Å². The predicted molar refractivity (Wildman–Crippen MR) is 71.0 cm³/mol. The van der Waals surface area contributed by atoms with Crippen molar-refractivity contribution in [3.8, 4) is 5.95 Å². The maximum Gasteiger partial charge on any atom is 0.258 e. The van der Waals surface area contributed by atoms with Crippen LogP contribution >= 0.6 is 0 Å². The minimum atomic E-state index is -0.253. The summed E-state index contributed by atoms with van der Waals surface area (Å²) in [4.78, 5) is 16.1. The third-order valence-corrected chi connectivity index (χ3v) is 3.41. The third kappa shape index (κ3) is 2.67. The second kappa shape index (κ2) is 5.37. The van der Waals surface area contributed by atoms with Crippen LogP contribution in [0.15, 0.2) is 12.7 Å². The van der Waals surface area contributed by atoms with E-state index in [-0.39, 0.29) is 18.0 Å². The van der Waals surface area contributed by atoms with Gasteiger partial charge in [-0.1, -0.05) is 6.42 Å². The molecule has 0 aliphatic heterocycles. The van der Waals surface area contributed by atoms with Crippen molar-refractivity contribution in [3.05, 3.63) is 12.7 Å². The normalized spacial score (nSPS) is 22.1. The van der Waals surface area contributed by atoms with E-state index in [2.05, 4.69) is 30.4 Å². The molecule has 0 radical (unpaired) electrons. The molecule has 106 valence electrons. The fourth-order valence-electron chi connectivity index (χ4n) is 2.35. The number of hydrogen-bond acceptors (Lipinski definition) is 8. The topological polar surface area (TPSA) is 128 Å². The molecule has 1 aliphatic rings. The number of aliphatic hydroxyl groups excluding tert-OH is 1.